The summed E-state index contributed by atoms with van der Waals surface area (Å²) < 4.78 is 0. The lowest BCUT2D eigenvalue weighted by Crippen LogP contribution is -2.40. The van der Waals surface area contributed by atoms with E-state index < -0.39 is 16.7 Å². The Morgan fingerprint density at radius 3 is 2.46 bits per heavy atom. The highest BCUT2D eigenvalue weighted by Gasteiger charge is 2.11. The average molecular weight is 325 g/mol. The van der Waals surface area contributed by atoms with Crippen LogP contribution in [0, 0.1) is 17.0 Å². The van der Waals surface area contributed by atoms with Crippen LogP contribution in [0.15, 0.2) is 54.6 Å². The smallest absolute Gasteiger partial charge is 0.268 e. The molecule has 0 aliphatic heterocycles. The van der Waals surface area contributed by atoms with Crippen molar-refractivity contribution in [2.24, 2.45) is 0 Å². The molecule has 7 nitrogen and oxygen atoms in total. The summed E-state index contributed by atoms with van der Waals surface area (Å²) in [6.45, 7) is 1.96. The normalized spacial score (nSPS) is 10.4. The van der Waals surface area contributed by atoms with Crippen LogP contribution >= 0.6 is 0 Å². The molecule has 2 N–H and O–H groups in total. The second-order valence-electron chi connectivity index (χ2n) is 4.99. The Balaban J connectivity index is 1.91. The minimum atomic E-state index is -0.643. The number of hydrogen-bond donors (Lipinski definition) is 2. The Hall–Kier alpha value is -3.48. The summed E-state index contributed by atoms with van der Waals surface area (Å²) in [7, 11) is 0. The van der Waals surface area contributed by atoms with Crippen molar-refractivity contribution in [2.45, 2.75) is 6.92 Å². The van der Waals surface area contributed by atoms with Gasteiger partial charge in [0.05, 0.1) is 4.92 Å². The summed E-state index contributed by atoms with van der Waals surface area (Å²) in [5, 5.41) is 10.7. The van der Waals surface area contributed by atoms with E-state index in [0.29, 0.717) is 0 Å². The molecule has 2 rings (SSSR count). The zero-order valence-electron chi connectivity index (χ0n) is 12.9. The molecule has 0 heterocycles. The number of hydrogen-bond acceptors (Lipinski definition) is 4. The zero-order chi connectivity index (χ0) is 17.5. The molecule has 0 aromatic heterocycles. The lowest BCUT2D eigenvalue weighted by molar-refractivity contribution is -0.384. The first-order valence-corrected chi connectivity index (χ1v) is 7.05. The van der Waals surface area contributed by atoms with Crippen LogP contribution in [-0.2, 0) is 4.79 Å². The third-order valence-electron chi connectivity index (χ3n) is 3.12. The molecule has 0 aliphatic carbocycles. The second-order valence-corrected chi connectivity index (χ2v) is 4.99. The van der Waals surface area contributed by atoms with Gasteiger partial charge in [-0.05, 0) is 24.6 Å². The zero-order valence-corrected chi connectivity index (χ0v) is 12.9. The van der Waals surface area contributed by atoms with Gasteiger partial charge in [-0.15, -0.1) is 0 Å². The van der Waals surface area contributed by atoms with Crippen LogP contribution in [0.4, 0.5) is 5.69 Å². The fourth-order valence-electron chi connectivity index (χ4n) is 1.84. The number of nitrogens with zero attached hydrogens (tertiary/aromatic N) is 1. The van der Waals surface area contributed by atoms with Gasteiger partial charge in [0.15, 0.2) is 0 Å². The third kappa shape index (κ3) is 4.77. The number of hydrazine groups is 1. The molecule has 2 aromatic rings. The molecule has 0 aliphatic rings. The topological polar surface area (TPSA) is 101 Å². The second kappa shape index (κ2) is 7.68. The fraction of sp³-hybridized carbons (Fsp3) is 0.0588. The molecule has 0 atom stereocenters. The maximum atomic E-state index is 11.9. The van der Waals surface area contributed by atoms with Crippen molar-refractivity contribution in [1.29, 1.82) is 0 Å². The maximum absolute atomic E-state index is 11.9. The van der Waals surface area contributed by atoms with E-state index in [2.05, 4.69) is 10.9 Å². The van der Waals surface area contributed by atoms with E-state index in [4.69, 9.17) is 0 Å². The van der Waals surface area contributed by atoms with Gasteiger partial charge in [0.1, 0.15) is 0 Å². The molecular formula is C17H15N3O4. The number of nitrogens with one attached hydrogen (secondary N) is 2. The van der Waals surface area contributed by atoms with Crippen LogP contribution in [0.2, 0.25) is 0 Å². The van der Waals surface area contributed by atoms with Gasteiger partial charge >= 0.3 is 0 Å². The van der Waals surface area contributed by atoms with Crippen LogP contribution in [-0.4, -0.2) is 16.7 Å². The standard InChI is InChI=1S/C17H15N3O4/c1-12-5-7-13(8-6-12)9-10-16(21)18-19-17(22)14-3-2-4-15(11-14)20(23)24/h2-11H,1H3,(H,18,21)(H,19,22). The maximum Gasteiger partial charge on any atom is 0.270 e. The number of nitro benzene ring substituents is 1. The molecule has 24 heavy (non-hydrogen) atoms. The number of carbonyl (C=O) groups is 2. The summed E-state index contributed by atoms with van der Waals surface area (Å²) in [5.74, 6) is -1.16. The van der Waals surface area contributed by atoms with Crippen molar-refractivity contribution in [1.82, 2.24) is 10.9 Å². The highest BCUT2D eigenvalue weighted by atomic mass is 16.6. The van der Waals surface area contributed by atoms with Gasteiger partial charge in [0, 0.05) is 23.8 Å². The summed E-state index contributed by atoms with van der Waals surface area (Å²) in [6.07, 6.45) is 2.88. The van der Waals surface area contributed by atoms with Crippen molar-refractivity contribution in [3.63, 3.8) is 0 Å². The van der Waals surface area contributed by atoms with Crippen LogP contribution < -0.4 is 10.9 Å². The third-order valence-corrected chi connectivity index (χ3v) is 3.12. The van der Waals surface area contributed by atoms with Crippen molar-refractivity contribution in [3.05, 3.63) is 81.4 Å². The molecule has 0 unspecified atom stereocenters. The van der Waals surface area contributed by atoms with E-state index >= 15 is 0 Å². The van der Waals surface area contributed by atoms with Crippen LogP contribution in [0.3, 0.4) is 0 Å². The first-order chi connectivity index (χ1) is 11.5. The largest absolute Gasteiger partial charge is 0.270 e. The predicted molar refractivity (Wildman–Crippen MR) is 88.9 cm³/mol. The number of nitro groups is 1. The van der Waals surface area contributed by atoms with Crippen molar-refractivity contribution < 1.29 is 14.5 Å². The number of benzene rings is 2. The minimum Gasteiger partial charge on any atom is -0.268 e. The van der Waals surface area contributed by atoms with Crippen LogP contribution in [0.25, 0.3) is 6.08 Å². The van der Waals surface area contributed by atoms with Crippen molar-refractivity contribution in [2.75, 3.05) is 0 Å². The van der Waals surface area contributed by atoms with Gasteiger partial charge in [-0.2, -0.15) is 0 Å². The van der Waals surface area contributed by atoms with Gasteiger partial charge < -0.3 is 0 Å². The highest BCUT2D eigenvalue weighted by Crippen LogP contribution is 2.12. The monoisotopic (exact) mass is 325 g/mol. The highest BCUT2D eigenvalue weighted by molar-refractivity contribution is 5.98. The summed E-state index contributed by atoms with van der Waals surface area (Å²) in [4.78, 5) is 33.6. The molecule has 0 fully saturated rings. The minimum absolute atomic E-state index is 0.0759. The lowest BCUT2D eigenvalue weighted by Gasteiger charge is -2.05. The van der Waals surface area contributed by atoms with Gasteiger partial charge in [-0.25, -0.2) is 0 Å². The van der Waals surface area contributed by atoms with E-state index in [-0.39, 0.29) is 11.3 Å². The Morgan fingerprint density at radius 1 is 1.08 bits per heavy atom. The SMILES string of the molecule is Cc1ccc(C=CC(=O)NNC(=O)c2cccc([N+](=O)[O-])c2)cc1. The van der Waals surface area contributed by atoms with Gasteiger partial charge in [-0.3, -0.25) is 30.6 Å². The molecule has 2 aromatic carbocycles. The molecule has 0 saturated heterocycles. The van der Waals surface area contributed by atoms with Crippen LogP contribution in [0.1, 0.15) is 21.5 Å². The van der Waals surface area contributed by atoms with E-state index in [1.165, 1.54) is 24.3 Å². The van der Waals surface area contributed by atoms with E-state index in [0.717, 1.165) is 17.2 Å². The molecule has 0 spiro atoms. The molecule has 2 amide bonds. The summed E-state index contributed by atoms with van der Waals surface area (Å²) in [6, 6.07) is 12.8. The van der Waals surface area contributed by atoms with Gasteiger partial charge in [0.25, 0.3) is 17.5 Å². The molecule has 0 bridgehead atoms. The fourth-order valence-corrected chi connectivity index (χ4v) is 1.84. The first-order valence-electron chi connectivity index (χ1n) is 7.05. The van der Waals surface area contributed by atoms with Gasteiger partial charge in [-0.1, -0.05) is 35.9 Å². The lowest BCUT2D eigenvalue weighted by atomic mass is 10.1. The number of aryl methyl sites for hydroxylation is 1. The number of rotatable bonds is 4. The Morgan fingerprint density at radius 2 is 1.79 bits per heavy atom. The number of non-ortho nitro benzene ring substituents is 1. The van der Waals surface area contributed by atoms with Crippen LogP contribution in [0.5, 0.6) is 0 Å². The number of carbonyl (C=O) groups excluding carboxylic acids is 2. The number of amides is 2. The molecule has 0 radical (unpaired) electrons. The van der Waals surface area contributed by atoms with E-state index in [1.807, 2.05) is 31.2 Å². The van der Waals surface area contributed by atoms with Gasteiger partial charge in [0.2, 0.25) is 0 Å². The van der Waals surface area contributed by atoms with E-state index in [9.17, 15) is 19.7 Å². The predicted octanol–water partition coefficient (Wildman–Crippen LogP) is 2.38. The Bertz CT molecular complexity index is 798. The quantitative estimate of drug-likeness (QED) is 0.512. The average Bonchev–Trinajstić information content (AvgIpc) is 2.59. The molecular weight excluding hydrogens is 310 g/mol. The molecule has 122 valence electrons. The van der Waals surface area contributed by atoms with Crippen molar-refractivity contribution >= 4 is 23.6 Å². The van der Waals surface area contributed by atoms with Crippen molar-refractivity contribution in [3.8, 4) is 0 Å². The Labute approximate surface area is 138 Å². The first kappa shape index (κ1) is 16.9. The Kier molecular flexibility index (Phi) is 5.40. The summed E-state index contributed by atoms with van der Waals surface area (Å²) in [5.41, 5.74) is 6.25. The molecule has 7 heteroatoms. The summed E-state index contributed by atoms with van der Waals surface area (Å²) >= 11 is 0. The molecule has 0 saturated carbocycles. The van der Waals surface area contributed by atoms with E-state index in [1.54, 1.807) is 6.08 Å².